The summed E-state index contributed by atoms with van der Waals surface area (Å²) in [6.45, 7) is 1.89. The summed E-state index contributed by atoms with van der Waals surface area (Å²) in [5.41, 5.74) is 3.12. The Balaban J connectivity index is 1.03. The molecule has 0 spiro atoms. The zero-order valence-corrected chi connectivity index (χ0v) is 29.0. The molecule has 2 saturated heterocycles. The van der Waals surface area contributed by atoms with Crippen molar-refractivity contribution in [1.29, 1.82) is 0 Å². The van der Waals surface area contributed by atoms with E-state index in [2.05, 4.69) is 36.1 Å². The molecule has 2 atom stereocenters. The number of piperidine rings is 1. The standard InChI is InChI=1S/C34H36ClN11O5/c1-36-27(48)17-51-25-12-19-11-20(14-38-31(19)44(2)33(25)50)40-30-23(35)15-39-34(42-30)46-10-9-18(16-46)13-37-24-6-4-5-21-28(43-45(3)29(21)24)22-7-8-26(47)41-32(22)49/h4-6,11-12,14-15,18,22,37H,7-10,13,16-17H2,1-3H3,(H,36,48)(H,39,40,42)(H,41,47,49). The largest absolute Gasteiger partial charge is 0.478 e. The number of amides is 3. The Morgan fingerprint density at radius 2 is 1.96 bits per heavy atom. The third-order valence-corrected chi connectivity index (χ3v) is 9.54. The highest BCUT2D eigenvalue weighted by Gasteiger charge is 2.32. The summed E-state index contributed by atoms with van der Waals surface area (Å²) in [4.78, 5) is 64.5. The molecule has 51 heavy (non-hydrogen) atoms. The number of likely N-dealkylation sites (N-methyl/N-ethyl adjacent to an activating group) is 1. The van der Waals surface area contributed by atoms with Crippen molar-refractivity contribution in [3.63, 3.8) is 0 Å². The number of rotatable bonds is 10. The number of aromatic nitrogens is 6. The van der Waals surface area contributed by atoms with Gasteiger partial charge in [-0.3, -0.25) is 33.7 Å². The molecule has 0 aliphatic carbocycles. The van der Waals surface area contributed by atoms with E-state index in [1.165, 1.54) is 11.6 Å². The number of carbonyl (C=O) groups is 3. The molecule has 1 aromatic carbocycles. The van der Waals surface area contributed by atoms with Crippen molar-refractivity contribution >= 4 is 74.4 Å². The first-order valence-corrected chi connectivity index (χ1v) is 16.9. The number of anilines is 4. The molecule has 17 heteroatoms. The van der Waals surface area contributed by atoms with E-state index in [0.29, 0.717) is 64.5 Å². The van der Waals surface area contributed by atoms with Crippen molar-refractivity contribution in [1.82, 2.24) is 39.9 Å². The van der Waals surface area contributed by atoms with Gasteiger partial charge >= 0.3 is 0 Å². The third-order valence-electron chi connectivity index (χ3n) is 9.26. The maximum atomic E-state index is 12.7. The van der Waals surface area contributed by atoms with Gasteiger partial charge in [0.25, 0.3) is 11.5 Å². The van der Waals surface area contributed by atoms with E-state index in [4.69, 9.17) is 26.4 Å². The molecule has 0 saturated carbocycles. The van der Waals surface area contributed by atoms with Crippen LogP contribution in [0.15, 0.2) is 47.5 Å². The quantitative estimate of drug-likeness (QED) is 0.155. The molecule has 2 aliphatic heterocycles. The highest BCUT2D eigenvalue weighted by atomic mass is 35.5. The minimum atomic E-state index is -0.467. The summed E-state index contributed by atoms with van der Waals surface area (Å²) in [6.07, 6.45) is 4.79. The van der Waals surface area contributed by atoms with Crippen LogP contribution in [0, 0.1) is 5.92 Å². The summed E-state index contributed by atoms with van der Waals surface area (Å²) in [5.74, 6) is -0.111. The number of hydrogen-bond donors (Lipinski definition) is 4. The Morgan fingerprint density at radius 1 is 1.12 bits per heavy atom. The van der Waals surface area contributed by atoms with Crippen molar-refractivity contribution in [3.05, 3.63) is 63.8 Å². The molecule has 3 amide bonds. The summed E-state index contributed by atoms with van der Waals surface area (Å²) in [5, 5.41) is 18.2. The molecule has 2 fully saturated rings. The maximum Gasteiger partial charge on any atom is 0.294 e. The zero-order chi connectivity index (χ0) is 35.8. The molecule has 16 nitrogen and oxygen atoms in total. The van der Waals surface area contributed by atoms with Crippen LogP contribution in [-0.4, -0.2) is 80.3 Å². The lowest BCUT2D eigenvalue weighted by molar-refractivity contribution is -0.134. The Kier molecular flexibility index (Phi) is 9.16. The average molecular weight is 714 g/mol. The number of aryl methyl sites for hydroxylation is 2. The molecule has 6 heterocycles. The van der Waals surface area contributed by atoms with Crippen LogP contribution in [0.2, 0.25) is 5.02 Å². The van der Waals surface area contributed by atoms with Crippen LogP contribution in [-0.2, 0) is 28.5 Å². The second kappa shape index (κ2) is 13.9. The van der Waals surface area contributed by atoms with E-state index in [9.17, 15) is 19.2 Å². The van der Waals surface area contributed by atoms with E-state index in [0.717, 1.165) is 36.1 Å². The predicted molar refractivity (Wildman–Crippen MR) is 192 cm³/mol. The van der Waals surface area contributed by atoms with Crippen molar-refractivity contribution in [3.8, 4) is 5.75 Å². The van der Waals surface area contributed by atoms with Crippen molar-refractivity contribution in [2.24, 2.45) is 20.0 Å². The van der Waals surface area contributed by atoms with Gasteiger partial charge in [-0.2, -0.15) is 10.1 Å². The number of ether oxygens (including phenoxy) is 1. The third kappa shape index (κ3) is 6.73. The molecule has 0 bridgehead atoms. The molecule has 4 aromatic heterocycles. The van der Waals surface area contributed by atoms with Crippen LogP contribution >= 0.6 is 11.6 Å². The minimum absolute atomic E-state index is 0.0296. The highest BCUT2D eigenvalue weighted by molar-refractivity contribution is 6.33. The smallest absolute Gasteiger partial charge is 0.294 e. The van der Waals surface area contributed by atoms with Gasteiger partial charge in [0, 0.05) is 58.0 Å². The molecule has 0 radical (unpaired) electrons. The number of fused-ring (bicyclic) bond motifs is 2. The summed E-state index contributed by atoms with van der Waals surface area (Å²) < 4.78 is 8.62. The number of nitrogens with zero attached hydrogens (tertiary/aromatic N) is 7. The second-order valence-electron chi connectivity index (χ2n) is 12.7. The fourth-order valence-electron chi connectivity index (χ4n) is 6.60. The molecule has 2 unspecified atom stereocenters. The molecular formula is C34H36ClN11O5. The van der Waals surface area contributed by atoms with Crippen molar-refractivity contribution in [2.45, 2.75) is 25.2 Å². The van der Waals surface area contributed by atoms with Crippen LogP contribution < -0.4 is 36.5 Å². The molecular weight excluding hydrogens is 678 g/mol. The Bertz CT molecular complexity index is 2250. The molecule has 5 aromatic rings. The number of nitrogens with one attached hydrogen (secondary N) is 4. The van der Waals surface area contributed by atoms with E-state index >= 15 is 0 Å². The Hall–Kier alpha value is -5.77. The molecule has 7 rings (SSSR count). The first-order chi connectivity index (χ1) is 24.6. The van der Waals surface area contributed by atoms with Gasteiger partial charge in [-0.15, -0.1) is 0 Å². The fraction of sp³-hybridized carbons (Fsp3) is 0.353. The number of benzene rings is 1. The van der Waals surface area contributed by atoms with Crippen LogP contribution in [0.1, 0.15) is 30.9 Å². The average Bonchev–Trinajstić information content (AvgIpc) is 3.74. The van der Waals surface area contributed by atoms with Gasteiger partial charge < -0.3 is 25.6 Å². The van der Waals surface area contributed by atoms with E-state index in [1.54, 1.807) is 36.3 Å². The van der Waals surface area contributed by atoms with Crippen LogP contribution in [0.25, 0.3) is 21.9 Å². The molecule has 4 N–H and O–H groups in total. The zero-order valence-electron chi connectivity index (χ0n) is 28.2. The van der Waals surface area contributed by atoms with Crippen LogP contribution in [0.3, 0.4) is 0 Å². The van der Waals surface area contributed by atoms with Crippen molar-refractivity contribution in [2.75, 3.05) is 48.8 Å². The first-order valence-electron chi connectivity index (χ1n) is 16.5. The number of carbonyl (C=O) groups excluding carboxylic acids is 3. The van der Waals surface area contributed by atoms with Gasteiger partial charge in [0.2, 0.25) is 17.8 Å². The van der Waals surface area contributed by atoms with Gasteiger partial charge in [0.1, 0.15) is 10.7 Å². The van der Waals surface area contributed by atoms with Crippen molar-refractivity contribution < 1.29 is 19.1 Å². The predicted octanol–water partition coefficient (Wildman–Crippen LogP) is 2.59. The molecule has 2 aliphatic rings. The first kappa shape index (κ1) is 33.7. The maximum absolute atomic E-state index is 12.7. The number of hydrogen-bond acceptors (Lipinski definition) is 12. The van der Waals surface area contributed by atoms with Gasteiger partial charge in [-0.1, -0.05) is 23.7 Å². The monoisotopic (exact) mass is 713 g/mol. The minimum Gasteiger partial charge on any atom is -0.478 e. The molecule has 264 valence electrons. The van der Waals surface area contributed by atoms with Gasteiger partial charge in [0.05, 0.1) is 40.9 Å². The summed E-state index contributed by atoms with van der Waals surface area (Å²) >= 11 is 6.52. The van der Waals surface area contributed by atoms with Gasteiger partial charge in [-0.05, 0) is 37.0 Å². The van der Waals surface area contributed by atoms with E-state index in [1.807, 2.05) is 25.2 Å². The second-order valence-corrected chi connectivity index (χ2v) is 13.1. The lowest BCUT2D eigenvalue weighted by Gasteiger charge is -2.19. The Morgan fingerprint density at radius 3 is 2.76 bits per heavy atom. The highest BCUT2D eigenvalue weighted by Crippen LogP contribution is 2.34. The summed E-state index contributed by atoms with van der Waals surface area (Å²) in [7, 11) is 4.94. The fourth-order valence-corrected chi connectivity index (χ4v) is 6.74. The summed E-state index contributed by atoms with van der Waals surface area (Å²) in [6, 6.07) is 9.26. The van der Waals surface area contributed by atoms with Gasteiger partial charge in [-0.25, -0.2) is 9.97 Å². The van der Waals surface area contributed by atoms with E-state index < -0.39 is 11.5 Å². The Labute approximate surface area is 296 Å². The number of imide groups is 1. The lowest BCUT2D eigenvalue weighted by Crippen LogP contribution is -2.39. The van der Waals surface area contributed by atoms with Crippen LogP contribution in [0.4, 0.5) is 23.1 Å². The number of para-hydroxylation sites is 1. The number of halogens is 1. The number of pyridine rings is 2. The SMILES string of the molecule is CNC(=O)COc1cc2cc(Nc3nc(N4CCC(CNc5cccc6c(C7CCC(=O)NC7=O)nn(C)c56)C4)ncc3Cl)cnc2n(C)c1=O. The van der Waals surface area contributed by atoms with E-state index in [-0.39, 0.29) is 30.1 Å². The topological polar surface area (TPSA) is 190 Å². The normalized spacial score (nSPS) is 17.5. The van der Waals surface area contributed by atoms with Crippen LogP contribution in [0.5, 0.6) is 5.75 Å². The lowest BCUT2D eigenvalue weighted by atomic mass is 9.92. The van der Waals surface area contributed by atoms with Gasteiger partial charge in [0.15, 0.2) is 18.2 Å².